The number of hydrogen-bond acceptors (Lipinski definition) is 3. The van der Waals surface area contributed by atoms with Gasteiger partial charge in [-0.25, -0.2) is 0 Å². The molecular weight excluding hydrogens is 324 g/mol. The fourth-order valence-corrected chi connectivity index (χ4v) is 4.60. The van der Waals surface area contributed by atoms with Crippen LogP contribution in [0.15, 0.2) is 24.3 Å². The highest BCUT2D eigenvalue weighted by molar-refractivity contribution is 5.54. The summed E-state index contributed by atoms with van der Waals surface area (Å²) >= 11 is 0. The summed E-state index contributed by atoms with van der Waals surface area (Å²) in [5.41, 5.74) is 1.03. The van der Waals surface area contributed by atoms with Crippen LogP contribution in [0.1, 0.15) is 64.9 Å². The SMILES string of the molecule is COc1cc(OC)c2c(c1)O[C@@]1(C=C[C@@H](C(C)C)CC1)C[C@H]2CC(C)C. The lowest BCUT2D eigenvalue weighted by Crippen LogP contribution is -2.42. The van der Waals surface area contributed by atoms with Gasteiger partial charge in [0.15, 0.2) is 0 Å². The molecule has 1 aliphatic carbocycles. The molecule has 3 atom stereocenters. The molecule has 1 aromatic carbocycles. The second-order valence-electron chi connectivity index (χ2n) is 8.74. The highest BCUT2D eigenvalue weighted by Gasteiger charge is 2.43. The summed E-state index contributed by atoms with van der Waals surface area (Å²) in [5.74, 6) is 5.04. The van der Waals surface area contributed by atoms with Crippen LogP contribution in [0.3, 0.4) is 0 Å². The third kappa shape index (κ3) is 3.72. The Balaban J connectivity index is 2.01. The Morgan fingerprint density at radius 1 is 1.15 bits per heavy atom. The molecule has 3 nitrogen and oxygen atoms in total. The van der Waals surface area contributed by atoms with Crippen LogP contribution in [0.25, 0.3) is 0 Å². The lowest BCUT2D eigenvalue weighted by atomic mass is 9.72. The molecule has 1 spiro atoms. The number of fused-ring (bicyclic) bond motifs is 1. The summed E-state index contributed by atoms with van der Waals surface area (Å²) < 4.78 is 17.8. The highest BCUT2D eigenvalue weighted by Crippen LogP contribution is 2.52. The number of methoxy groups -OCH3 is 2. The van der Waals surface area contributed by atoms with Crippen molar-refractivity contribution in [2.45, 2.75) is 64.9 Å². The van der Waals surface area contributed by atoms with Gasteiger partial charge in [0.05, 0.1) is 14.2 Å². The van der Waals surface area contributed by atoms with E-state index in [9.17, 15) is 0 Å². The van der Waals surface area contributed by atoms with Crippen molar-refractivity contribution < 1.29 is 14.2 Å². The van der Waals surface area contributed by atoms with Crippen molar-refractivity contribution in [1.29, 1.82) is 0 Å². The van der Waals surface area contributed by atoms with Gasteiger partial charge < -0.3 is 14.2 Å². The number of benzene rings is 1. The van der Waals surface area contributed by atoms with Crippen molar-refractivity contribution in [2.24, 2.45) is 17.8 Å². The standard InChI is InChI=1S/C23H34O3/c1-15(2)11-18-14-23(9-7-17(8-10-23)16(3)4)26-21-13-19(24-5)12-20(25-6)22(18)21/h7,9,12-13,15-18H,8,10-11,14H2,1-6H3/t17-,18-,23-/m1/s1. The van der Waals surface area contributed by atoms with Crippen molar-refractivity contribution in [3.63, 3.8) is 0 Å². The third-order valence-corrected chi connectivity index (χ3v) is 6.01. The van der Waals surface area contributed by atoms with Gasteiger partial charge in [-0.05, 0) is 55.4 Å². The molecule has 3 rings (SSSR count). The molecule has 0 bridgehead atoms. The van der Waals surface area contributed by atoms with Crippen LogP contribution in [-0.2, 0) is 0 Å². The number of allylic oxidation sites excluding steroid dienone is 1. The van der Waals surface area contributed by atoms with Crippen LogP contribution in [-0.4, -0.2) is 19.8 Å². The molecule has 26 heavy (non-hydrogen) atoms. The van der Waals surface area contributed by atoms with E-state index in [1.165, 1.54) is 12.0 Å². The van der Waals surface area contributed by atoms with E-state index in [2.05, 4.69) is 39.8 Å². The molecular formula is C23H34O3. The van der Waals surface area contributed by atoms with Crippen molar-refractivity contribution in [2.75, 3.05) is 14.2 Å². The monoisotopic (exact) mass is 358 g/mol. The summed E-state index contributed by atoms with van der Waals surface area (Å²) in [5, 5.41) is 0. The van der Waals surface area contributed by atoms with Gasteiger partial charge in [-0.3, -0.25) is 0 Å². The molecule has 0 N–H and O–H groups in total. The first kappa shape index (κ1) is 19.1. The maximum absolute atomic E-state index is 6.64. The summed E-state index contributed by atoms with van der Waals surface area (Å²) in [6.45, 7) is 9.20. The Bertz CT molecular complexity index is 662. The predicted molar refractivity (Wildman–Crippen MR) is 106 cm³/mol. The molecule has 1 heterocycles. The fraction of sp³-hybridized carbons (Fsp3) is 0.652. The average molecular weight is 359 g/mol. The Kier molecular flexibility index (Phi) is 5.55. The van der Waals surface area contributed by atoms with Crippen LogP contribution in [0.2, 0.25) is 0 Å². The molecule has 0 saturated heterocycles. The van der Waals surface area contributed by atoms with Crippen LogP contribution in [0.5, 0.6) is 17.2 Å². The molecule has 0 amide bonds. The van der Waals surface area contributed by atoms with Gasteiger partial charge in [0, 0.05) is 17.7 Å². The molecule has 0 unspecified atom stereocenters. The van der Waals surface area contributed by atoms with Gasteiger partial charge in [0.1, 0.15) is 22.8 Å². The van der Waals surface area contributed by atoms with E-state index in [0.717, 1.165) is 36.5 Å². The third-order valence-electron chi connectivity index (χ3n) is 6.01. The summed E-state index contributed by atoms with van der Waals surface area (Å²) in [4.78, 5) is 0. The van der Waals surface area contributed by atoms with Crippen LogP contribution in [0, 0.1) is 17.8 Å². The minimum atomic E-state index is -0.185. The maximum Gasteiger partial charge on any atom is 0.131 e. The normalized spacial score (nSPS) is 27.5. The fourth-order valence-electron chi connectivity index (χ4n) is 4.60. The van der Waals surface area contributed by atoms with Gasteiger partial charge >= 0.3 is 0 Å². The second kappa shape index (κ2) is 7.54. The smallest absolute Gasteiger partial charge is 0.131 e. The second-order valence-corrected chi connectivity index (χ2v) is 8.74. The molecule has 1 aliphatic heterocycles. The van der Waals surface area contributed by atoms with Crippen LogP contribution < -0.4 is 14.2 Å². The molecule has 144 valence electrons. The van der Waals surface area contributed by atoms with Crippen molar-refractivity contribution in [3.8, 4) is 17.2 Å². The maximum atomic E-state index is 6.64. The van der Waals surface area contributed by atoms with Gasteiger partial charge in [-0.15, -0.1) is 0 Å². The molecule has 1 aromatic rings. The number of rotatable bonds is 5. The van der Waals surface area contributed by atoms with Gasteiger partial charge in [-0.2, -0.15) is 0 Å². The van der Waals surface area contributed by atoms with Gasteiger partial charge in [0.25, 0.3) is 0 Å². The van der Waals surface area contributed by atoms with E-state index in [1.807, 2.05) is 12.1 Å². The van der Waals surface area contributed by atoms with Gasteiger partial charge in [0.2, 0.25) is 0 Å². The van der Waals surface area contributed by atoms with Crippen molar-refractivity contribution in [3.05, 3.63) is 29.8 Å². The molecule has 3 heteroatoms. The van der Waals surface area contributed by atoms with E-state index < -0.39 is 0 Å². The van der Waals surface area contributed by atoms with Crippen molar-refractivity contribution in [1.82, 2.24) is 0 Å². The summed E-state index contributed by atoms with van der Waals surface area (Å²) in [7, 11) is 3.43. The largest absolute Gasteiger partial charge is 0.496 e. The quantitative estimate of drug-likeness (QED) is 0.606. The van der Waals surface area contributed by atoms with E-state index in [1.54, 1.807) is 14.2 Å². The zero-order chi connectivity index (χ0) is 18.9. The Labute approximate surface area is 158 Å². The minimum Gasteiger partial charge on any atom is -0.496 e. The number of ether oxygens (including phenoxy) is 3. The Hall–Kier alpha value is -1.64. The first-order valence-corrected chi connectivity index (χ1v) is 10.0. The number of hydrogen-bond donors (Lipinski definition) is 0. The molecule has 0 saturated carbocycles. The Morgan fingerprint density at radius 3 is 2.46 bits per heavy atom. The zero-order valence-corrected chi connectivity index (χ0v) is 17.2. The first-order chi connectivity index (χ1) is 12.4. The molecule has 0 radical (unpaired) electrons. The van der Waals surface area contributed by atoms with Crippen molar-refractivity contribution >= 4 is 0 Å². The lowest BCUT2D eigenvalue weighted by molar-refractivity contribution is 0.0542. The summed E-state index contributed by atoms with van der Waals surface area (Å²) in [6.07, 6.45) is 9.19. The topological polar surface area (TPSA) is 27.7 Å². The molecule has 0 aromatic heterocycles. The summed E-state index contributed by atoms with van der Waals surface area (Å²) in [6, 6.07) is 4.02. The minimum absolute atomic E-state index is 0.185. The van der Waals surface area contributed by atoms with E-state index in [0.29, 0.717) is 23.7 Å². The zero-order valence-electron chi connectivity index (χ0n) is 17.2. The predicted octanol–water partition coefficient (Wildman–Crippen LogP) is 5.98. The Morgan fingerprint density at radius 2 is 1.92 bits per heavy atom. The highest BCUT2D eigenvalue weighted by atomic mass is 16.5. The van der Waals surface area contributed by atoms with E-state index >= 15 is 0 Å². The molecule has 0 fully saturated rings. The van der Waals surface area contributed by atoms with E-state index in [4.69, 9.17) is 14.2 Å². The average Bonchev–Trinajstić information content (AvgIpc) is 2.60. The van der Waals surface area contributed by atoms with E-state index in [-0.39, 0.29) is 5.60 Å². The van der Waals surface area contributed by atoms with Gasteiger partial charge in [-0.1, -0.05) is 33.8 Å². The first-order valence-electron chi connectivity index (χ1n) is 10.0. The molecule has 2 aliphatic rings. The lowest BCUT2D eigenvalue weighted by Gasteiger charge is -2.44. The van der Waals surface area contributed by atoms with Crippen LogP contribution in [0.4, 0.5) is 0 Å². The van der Waals surface area contributed by atoms with Crippen LogP contribution >= 0.6 is 0 Å².